The first-order chi connectivity index (χ1) is 12.8. The molecule has 2 aliphatic rings. The van der Waals surface area contributed by atoms with Crippen molar-refractivity contribution in [3.05, 3.63) is 23.6 Å². The smallest absolute Gasteiger partial charge is 0.283 e. The van der Waals surface area contributed by atoms with Gasteiger partial charge < -0.3 is 14.9 Å². The van der Waals surface area contributed by atoms with Crippen molar-refractivity contribution >= 4 is 5.91 Å². The molecule has 2 rings (SSSR count). The van der Waals surface area contributed by atoms with Crippen molar-refractivity contribution in [1.29, 1.82) is 0 Å². The van der Waals surface area contributed by atoms with Gasteiger partial charge in [0.05, 0.1) is 25.3 Å². The third kappa shape index (κ3) is 4.06. The number of carbonyl (C=O) groups is 1. The number of amides is 1. The largest absolute Gasteiger partial charge is 0.485 e. The van der Waals surface area contributed by atoms with E-state index in [0.29, 0.717) is 36.5 Å². The highest BCUT2D eigenvalue weighted by Crippen LogP contribution is 2.44. The van der Waals surface area contributed by atoms with Crippen molar-refractivity contribution in [1.82, 2.24) is 9.96 Å². The van der Waals surface area contributed by atoms with E-state index in [4.69, 9.17) is 9.57 Å². The van der Waals surface area contributed by atoms with E-state index in [-0.39, 0.29) is 12.5 Å². The summed E-state index contributed by atoms with van der Waals surface area (Å²) in [7, 11) is 1.41. The topological polar surface area (TPSA) is 82.5 Å². The number of unbranched alkanes of at least 4 members (excludes halogenated alkanes) is 2. The summed E-state index contributed by atoms with van der Waals surface area (Å²) >= 11 is 0. The molecule has 0 aliphatic carbocycles. The van der Waals surface area contributed by atoms with Crippen LogP contribution in [0.2, 0.25) is 0 Å². The predicted octanol–water partition coefficient (Wildman–Crippen LogP) is 1.96. The molecule has 0 bridgehead atoms. The van der Waals surface area contributed by atoms with Gasteiger partial charge in [-0.25, -0.2) is 0 Å². The van der Waals surface area contributed by atoms with Crippen molar-refractivity contribution < 1.29 is 24.6 Å². The lowest BCUT2D eigenvalue weighted by Crippen LogP contribution is -2.62. The van der Waals surface area contributed by atoms with E-state index in [9.17, 15) is 15.0 Å². The van der Waals surface area contributed by atoms with E-state index < -0.39 is 17.7 Å². The molecule has 0 aromatic carbocycles. The number of carbonyl (C=O) groups excluding carboxylic acids is 1. The standard InChI is InChI=1S/C20H34N2O5/c1-6-8-9-10-15-20(4,25)18(21(11-7-2)12-13-23)16-17(27-15)14(3)22(26-5)19(16)24/h15,18,23,25H,3,6-13H2,1-2,4-5H3/t15-,18+,20-/m0/s1. The Bertz CT molecular complexity index is 581. The number of hydrogen-bond donors (Lipinski definition) is 2. The Hall–Kier alpha value is -1.41. The fourth-order valence-electron chi connectivity index (χ4n) is 4.14. The van der Waals surface area contributed by atoms with E-state index >= 15 is 0 Å². The average Bonchev–Trinajstić information content (AvgIpc) is 2.85. The predicted molar refractivity (Wildman–Crippen MR) is 102 cm³/mol. The molecule has 0 unspecified atom stereocenters. The van der Waals surface area contributed by atoms with Crippen molar-refractivity contribution in [3.8, 4) is 0 Å². The number of hydroxylamine groups is 2. The number of aliphatic hydroxyl groups excluding tert-OH is 1. The molecular formula is C20H34N2O5. The number of hydrogen-bond acceptors (Lipinski definition) is 6. The van der Waals surface area contributed by atoms with E-state index in [1.807, 2.05) is 11.8 Å². The number of ether oxygens (including phenoxy) is 1. The van der Waals surface area contributed by atoms with Crippen LogP contribution in [0.1, 0.15) is 52.9 Å². The van der Waals surface area contributed by atoms with Crippen LogP contribution < -0.4 is 0 Å². The molecule has 27 heavy (non-hydrogen) atoms. The van der Waals surface area contributed by atoms with Crippen LogP contribution in [0, 0.1) is 0 Å². The number of aliphatic hydroxyl groups is 2. The lowest BCUT2D eigenvalue weighted by Gasteiger charge is -2.47. The van der Waals surface area contributed by atoms with Gasteiger partial charge in [0.2, 0.25) is 0 Å². The van der Waals surface area contributed by atoms with Crippen molar-refractivity contribution in [2.75, 3.05) is 26.8 Å². The van der Waals surface area contributed by atoms with Crippen LogP contribution in [0.3, 0.4) is 0 Å². The highest BCUT2D eigenvalue weighted by atomic mass is 16.7. The molecular weight excluding hydrogens is 348 g/mol. The van der Waals surface area contributed by atoms with Crippen molar-refractivity contribution in [2.24, 2.45) is 0 Å². The maximum atomic E-state index is 13.0. The van der Waals surface area contributed by atoms with Gasteiger partial charge in [0.1, 0.15) is 17.4 Å². The van der Waals surface area contributed by atoms with E-state index in [0.717, 1.165) is 30.7 Å². The van der Waals surface area contributed by atoms with Crippen molar-refractivity contribution in [2.45, 2.75) is 70.6 Å². The second-order valence-electron chi connectivity index (χ2n) is 7.46. The van der Waals surface area contributed by atoms with Gasteiger partial charge in [0, 0.05) is 6.54 Å². The Labute approximate surface area is 162 Å². The zero-order valence-electron chi connectivity index (χ0n) is 17.0. The van der Waals surface area contributed by atoms with Crippen LogP contribution in [0.5, 0.6) is 0 Å². The van der Waals surface area contributed by atoms with Crippen LogP contribution in [-0.4, -0.2) is 70.6 Å². The van der Waals surface area contributed by atoms with Gasteiger partial charge in [0.15, 0.2) is 5.76 Å². The summed E-state index contributed by atoms with van der Waals surface area (Å²) in [5.41, 5.74) is -0.559. The number of nitrogens with zero attached hydrogens (tertiary/aromatic N) is 2. The van der Waals surface area contributed by atoms with Crippen LogP contribution in [0.25, 0.3) is 0 Å². The van der Waals surface area contributed by atoms with E-state index in [1.165, 1.54) is 7.11 Å². The zero-order chi connectivity index (χ0) is 20.2. The lowest BCUT2D eigenvalue weighted by molar-refractivity contribution is -0.160. The van der Waals surface area contributed by atoms with E-state index in [1.54, 1.807) is 6.92 Å². The number of rotatable bonds is 10. The Morgan fingerprint density at radius 2 is 2.00 bits per heavy atom. The van der Waals surface area contributed by atoms with E-state index in [2.05, 4.69) is 13.5 Å². The average molecular weight is 383 g/mol. The van der Waals surface area contributed by atoms with Crippen LogP contribution in [-0.2, 0) is 14.4 Å². The Morgan fingerprint density at radius 3 is 2.56 bits per heavy atom. The molecule has 0 saturated heterocycles. The first-order valence-electron chi connectivity index (χ1n) is 9.90. The molecule has 0 radical (unpaired) electrons. The molecule has 0 spiro atoms. The molecule has 0 fully saturated rings. The minimum absolute atomic E-state index is 0.0559. The lowest BCUT2D eigenvalue weighted by atomic mass is 9.79. The molecule has 2 aliphatic heterocycles. The molecule has 0 aromatic heterocycles. The molecule has 2 heterocycles. The van der Waals surface area contributed by atoms with Crippen LogP contribution >= 0.6 is 0 Å². The Kier molecular flexibility index (Phi) is 7.45. The molecule has 7 heteroatoms. The summed E-state index contributed by atoms with van der Waals surface area (Å²) in [6.07, 6.45) is 4.09. The minimum atomic E-state index is -1.28. The summed E-state index contributed by atoms with van der Waals surface area (Å²) in [5.74, 6) is 0.0349. The first kappa shape index (κ1) is 21.9. The Morgan fingerprint density at radius 1 is 1.30 bits per heavy atom. The van der Waals surface area contributed by atoms with Gasteiger partial charge in [-0.05, 0) is 32.7 Å². The minimum Gasteiger partial charge on any atom is -0.485 e. The maximum absolute atomic E-state index is 13.0. The summed E-state index contributed by atoms with van der Waals surface area (Å²) in [4.78, 5) is 20.1. The monoisotopic (exact) mass is 382 g/mol. The van der Waals surface area contributed by atoms with Crippen molar-refractivity contribution in [3.63, 3.8) is 0 Å². The van der Waals surface area contributed by atoms with Gasteiger partial charge in [-0.2, -0.15) is 5.06 Å². The second-order valence-corrected chi connectivity index (χ2v) is 7.46. The van der Waals surface area contributed by atoms with Gasteiger partial charge in [-0.15, -0.1) is 0 Å². The summed E-state index contributed by atoms with van der Waals surface area (Å²) < 4.78 is 6.12. The quantitative estimate of drug-likeness (QED) is 0.562. The summed E-state index contributed by atoms with van der Waals surface area (Å²) in [6.45, 7) is 10.8. The first-order valence-corrected chi connectivity index (χ1v) is 9.90. The third-order valence-electron chi connectivity index (χ3n) is 5.42. The summed E-state index contributed by atoms with van der Waals surface area (Å²) in [5, 5.41) is 22.2. The molecule has 154 valence electrons. The fourth-order valence-corrected chi connectivity index (χ4v) is 4.14. The van der Waals surface area contributed by atoms with Crippen LogP contribution in [0.4, 0.5) is 0 Å². The Balaban J connectivity index is 2.48. The van der Waals surface area contributed by atoms with Gasteiger partial charge >= 0.3 is 0 Å². The highest BCUT2D eigenvalue weighted by molar-refractivity contribution is 6.00. The SMILES string of the molecule is C=C1C2=C(C(=O)N1OC)[C@@H](N(CCC)CCO)[C@@](C)(O)[C@H](CCCCC)O2. The molecule has 1 amide bonds. The van der Waals surface area contributed by atoms with Gasteiger partial charge in [-0.3, -0.25) is 14.5 Å². The fraction of sp³-hybridized carbons (Fsp3) is 0.750. The zero-order valence-corrected chi connectivity index (χ0v) is 17.0. The molecule has 2 N–H and O–H groups in total. The highest BCUT2D eigenvalue weighted by Gasteiger charge is 2.56. The summed E-state index contributed by atoms with van der Waals surface area (Å²) in [6, 6.07) is -0.593. The maximum Gasteiger partial charge on any atom is 0.283 e. The molecule has 0 aromatic rings. The normalized spacial score (nSPS) is 28.2. The third-order valence-corrected chi connectivity index (χ3v) is 5.42. The second kappa shape index (κ2) is 9.19. The van der Waals surface area contributed by atoms with Crippen LogP contribution in [0.15, 0.2) is 23.6 Å². The molecule has 0 saturated carbocycles. The van der Waals surface area contributed by atoms with Gasteiger partial charge in [-0.1, -0.05) is 33.3 Å². The molecule has 7 nitrogen and oxygen atoms in total. The molecule has 3 atom stereocenters. The van der Waals surface area contributed by atoms with Gasteiger partial charge in [0.25, 0.3) is 5.91 Å².